The lowest BCUT2D eigenvalue weighted by Gasteiger charge is -2.09. The molecule has 1 N–H and O–H groups in total. The smallest absolute Gasteiger partial charge is 0.354 e. The van der Waals surface area contributed by atoms with E-state index in [1.807, 2.05) is 0 Å². The Morgan fingerprint density at radius 1 is 1.50 bits per heavy atom. The molecule has 2 heterocycles. The molecule has 2 aromatic rings. The molecule has 1 aromatic heterocycles. The minimum absolute atomic E-state index is 0.0843. The van der Waals surface area contributed by atoms with Gasteiger partial charge < -0.3 is 23.9 Å². The zero-order valence-corrected chi connectivity index (χ0v) is 12.0. The predicted octanol–water partition coefficient (Wildman–Crippen LogP) is 1.66. The Balaban J connectivity index is 1.95. The van der Waals surface area contributed by atoms with E-state index in [-0.39, 0.29) is 24.2 Å². The van der Waals surface area contributed by atoms with Gasteiger partial charge in [0.25, 0.3) is 6.47 Å². The molecule has 0 amide bonds. The first kappa shape index (κ1) is 14.4. The molecule has 116 valence electrons. The highest BCUT2D eigenvalue weighted by Crippen LogP contribution is 2.36. The Hall–Kier alpha value is -2.54. The molecule has 1 aromatic carbocycles. The van der Waals surface area contributed by atoms with Crippen LogP contribution in [0, 0.1) is 0 Å². The van der Waals surface area contributed by atoms with Gasteiger partial charge in [-0.3, -0.25) is 4.79 Å². The Labute approximate surface area is 126 Å². The molecule has 7 heteroatoms. The van der Waals surface area contributed by atoms with E-state index >= 15 is 0 Å². The van der Waals surface area contributed by atoms with Crippen molar-refractivity contribution < 1.29 is 28.5 Å². The second-order valence-corrected chi connectivity index (χ2v) is 4.74. The molecule has 0 aliphatic carbocycles. The number of aromatic amines is 1. The van der Waals surface area contributed by atoms with Crippen LogP contribution in [0.25, 0.3) is 10.9 Å². The molecular formula is C15H15NO6. The van der Waals surface area contributed by atoms with E-state index in [1.54, 1.807) is 25.1 Å². The highest BCUT2D eigenvalue weighted by molar-refractivity contribution is 5.98. The van der Waals surface area contributed by atoms with Crippen molar-refractivity contribution in [3.8, 4) is 11.5 Å². The van der Waals surface area contributed by atoms with E-state index in [0.29, 0.717) is 36.3 Å². The fourth-order valence-corrected chi connectivity index (χ4v) is 2.11. The molecule has 0 spiro atoms. The highest BCUT2D eigenvalue weighted by Gasteiger charge is 2.24. The van der Waals surface area contributed by atoms with Crippen LogP contribution in [0.2, 0.25) is 0 Å². The molecule has 22 heavy (non-hydrogen) atoms. The molecular weight excluding hydrogens is 290 g/mol. The number of aromatic nitrogens is 1. The van der Waals surface area contributed by atoms with E-state index in [9.17, 15) is 9.59 Å². The molecule has 0 saturated carbocycles. The SMILES string of the molecule is CCOC(=O)c1cc2c(OC=O)c(OC[C@H]3CO3)ccc2[nH]1. The number of ether oxygens (including phenoxy) is 4. The number of epoxide rings is 1. The van der Waals surface area contributed by atoms with Crippen molar-refractivity contribution in [2.24, 2.45) is 0 Å². The van der Waals surface area contributed by atoms with Gasteiger partial charge in [0.2, 0.25) is 0 Å². The van der Waals surface area contributed by atoms with E-state index in [2.05, 4.69) is 4.98 Å². The lowest BCUT2D eigenvalue weighted by atomic mass is 10.2. The first-order valence-corrected chi connectivity index (χ1v) is 6.90. The summed E-state index contributed by atoms with van der Waals surface area (Å²) >= 11 is 0. The van der Waals surface area contributed by atoms with Crippen LogP contribution < -0.4 is 9.47 Å². The van der Waals surface area contributed by atoms with Crippen molar-refractivity contribution in [3.05, 3.63) is 23.9 Å². The first-order chi connectivity index (χ1) is 10.7. The van der Waals surface area contributed by atoms with Crippen molar-refractivity contribution in [1.82, 2.24) is 4.98 Å². The number of hydrogen-bond acceptors (Lipinski definition) is 6. The largest absolute Gasteiger partial charge is 0.487 e. The average molecular weight is 305 g/mol. The molecule has 0 unspecified atom stereocenters. The summed E-state index contributed by atoms with van der Waals surface area (Å²) in [6.45, 7) is 3.39. The third kappa shape index (κ3) is 2.89. The number of rotatable bonds is 7. The van der Waals surface area contributed by atoms with Gasteiger partial charge in [-0.2, -0.15) is 0 Å². The summed E-state index contributed by atoms with van der Waals surface area (Å²) in [5, 5.41) is 0.573. The highest BCUT2D eigenvalue weighted by atomic mass is 16.6. The van der Waals surface area contributed by atoms with Crippen LogP contribution in [0.1, 0.15) is 17.4 Å². The number of H-pyrrole nitrogens is 1. The topological polar surface area (TPSA) is 90.2 Å². The standard InChI is InChI=1S/C15H15NO6/c1-2-19-15(18)12-5-10-11(16-12)3-4-13(14(10)22-8-17)21-7-9-6-20-9/h3-5,8-9,16H,2,6-7H2,1H3/t9-/m1/s1. The molecule has 3 rings (SSSR count). The van der Waals surface area contributed by atoms with E-state index in [0.717, 1.165) is 0 Å². The van der Waals surface area contributed by atoms with Crippen LogP contribution in [0.4, 0.5) is 0 Å². The Kier molecular flexibility index (Phi) is 3.97. The number of carbonyl (C=O) groups excluding carboxylic acids is 2. The summed E-state index contributed by atoms with van der Waals surface area (Å²) in [4.78, 5) is 25.5. The van der Waals surface area contributed by atoms with Crippen LogP contribution in [0.3, 0.4) is 0 Å². The van der Waals surface area contributed by atoms with Crippen molar-refractivity contribution in [2.75, 3.05) is 19.8 Å². The zero-order chi connectivity index (χ0) is 15.5. The maximum atomic E-state index is 11.8. The maximum absolute atomic E-state index is 11.8. The molecule has 1 saturated heterocycles. The van der Waals surface area contributed by atoms with Crippen LogP contribution in [-0.2, 0) is 14.3 Å². The van der Waals surface area contributed by atoms with Gasteiger partial charge in [0.15, 0.2) is 11.5 Å². The van der Waals surface area contributed by atoms with E-state index < -0.39 is 5.97 Å². The minimum atomic E-state index is -0.468. The second kappa shape index (κ2) is 6.07. The summed E-state index contributed by atoms with van der Waals surface area (Å²) in [5.74, 6) is 0.217. The predicted molar refractivity (Wildman–Crippen MR) is 76.2 cm³/mol. The Morgan fingerprint density at radius 3 is 3.00 bits per heavy atom. The normalized spacial score (nSPS) is 16.3. The zero-order valence-electron chi connectivity index (χ0n) is 12.0. The third-order valence-electron chi connectivity index (χ3n) is 3.21. The number of fused-ring (bicyclic) bond motifs is 1. The quantitative estimate of drug-likeness (QED) is 0.475. The van der Waals surface area contributed by atoms with Crippen molar-refractivity contribution in [2.45, 2.75) is 13.0 Å². The second-order valence-electron chi connectivity index (χ2n) is 4.74. The molecule has 1 aliphatic heterocycles. The van der Waals surface area contributed by atoms with Gasteiger partial charge >= 0.3 is 5.97 Å². The average Bonchev–Trinajstić information content (AvgIpc) is 3.23. The Morgan fingerprint density at radius 2 is 2.32 bits per heavy atom. The van der Waals surface area contributed by atoms with Gasteiger partial charge in [-0.1, -0.05) is 0 Å². The summed E-state index contributed by atoms with van der Waals surface area (Å²) in [6, 6.07) is 5.00. The van der Waals surface area contributed by atoms with Crippen LogP contribution in [-0.4, -0.2) is 43.4 Å². The maximum Gasteiger partial charge on any atom is 0.354 e. The summed E-state index contributed by atoms with van der Waals surface area (Å²) in [6.07, 6.45) is 0.0843. The van der Waals surface area contributed by atoms with E-state index in [1.165, 1.54) is 0 Å². The monoisotopic (exact) mass is 305 g/mol. The van der Waals surface area contributed by atoms with Crippen molar-refractivity contribution in [1.29, 1.82) is 0 Å². The minimum Gasteiger partial charge on any atom is -0.487 e. The first-order valence-electron chi connectivity index (χ1n) is 6.90. The number of nitrogens with one attached hydrogen (secondary N) is 1. The van der Waals surface area contributed by atoms with Crippen molar-refractivity contribution >= 4 is 23.3 Å². The number of benzene rings is 1. The lowest BCUT2D eigenvalue weighted by Crippen LogP contribution is -2.05. The van der Waals surface area contributed by atoms with Gasteiger partial charge in [0.05, 0.1) is 18.7 Å². The summed E-state index contributed by atoms with van der Waals surface area (Å²) in [5.41, 5.74) is 0.935. The van der Waals surface area contributed by atoms with Gasteiger partial charge in [-0.05, 0) is 25.1 Å². The molecule has 7 nitrogen and oxygen atoms in total. The summed E-state index contributed by atoms with van der Waals surface area (Å²) < 4.78 is 20.7. The van der Waals surface area contributed by atoms with Gasteiger partial charge in [0, 0.05) is 5.39 Å². The molecule has 1 atom stereocenters. The van der Waals surface area contributed by atoms with Crippen LogP contribution >= 0.6 is 0 Å². The van der Waals surface area contributed by atoms with Crippen LogP contribution in [0.15, 0.2) is 18.2 Å². The van der Waals surface area contributed by atoms with Crippen molar-refractivity contribution in [3.63, 3.8) is 0 Å². The fourth-order valence-electron chi connectivity index (χ4n) is 2.11. The van der Waals surface area contributed by atoms with Gasteiger partial charge in [0.1, 0.15) is 18.4 Å². The van der Waals surface area contributed by atoms with E-state index in [4.69, 9.17) is 18.9 Å². The number of esters is 1. The number of hydrogen-bond donors (Lipinski definition) is 1. The molecule has 0 bridgehead atoms. The van der Waals surface area contributed by atoms with Crippen LogP contribution in [0.5, 0.6) is 11.5 Å². The molecule has 1 aliphatic rings. The lowest BCUT2D eigenvalue weighted by molar-refractivity contribution is -0.120. The van der Waals surface area contributed by atoms with Gasteiger partial charge in [-0.25, -0.2) is 4.79 Å². The summed E-state index contributed by atoms with van der Waals surface area (Å²) in [7, 11) is 0. The molecule has 0 radical (unpaired) electrons. The Bertz CT molecular complexity index is 703. The van der Waals surface area contributed by atoms with Gasteiger partial charge in [-0.15, -0.1) is 0 Å². The molecule has 1 fully saturated rings. The number of carbonyl (C=O) groups is 2. The fraction of sp³-hybridized carbons (Fsp3) is 0.333. The third-order valence-corrected chi connectivity index (χ3v) is 3.21.